The Kier molecular flexibility index (Phi) is 3.53. The van der Waals surface area contributed by atoms with Gasteiger partial charge < -0.3 is 4.57 Å². The molecule has 0 atom stereocenters. The number of alkyl halides is 1. The summed E-state index contributed by atoms with van der Waals surface area (Å²) in [4.78, 5) is 8.91. The molecule has 3 rings (SSSR count). The highest BCUT2D eigenvalue weighted by Crippen LogP contribution is 2.19. The first-order valence-electron chi connectivity index (χ1n) is 5.88. The van der Waals surface area contributed by atoms with Crippen molar-refractivity contribution >= 4 is 38.7 Å². The van der Waals surface area contributed by atoms with Gasteiger partial charge in [0.1, 0.15) is 11.3 Å². The van der Waals surface area contributed by atoms with Crippen molar-refractivity contribution in [2.24, 2.45) is 0 Å². The van der Waals surface area contributed by atoms with Crippen molar-refractivity contribution in [2.45, 2.75) is 12.4 Å². The van der Waals surface area contributed by atoms with Crippen LogP contribution in [0.5, 0.6) is 0 Å². The van der Waals surface area contributed by atoms with Gasteiger partial charge in [-0.1, -0.05) is 28.1 Å². The van der Waals surface area contributed by atoms with Crippen LogP contribution >= 0.6 is 27.5 Å². The van der Waals surface area contributed by atoms with Crippen LogP contribution in [0.3, 0.4) is 0 Å². The number of benzene rings is 1. The van der Waals surface area contributed by atoms with Crippen molar-refractivity contribution in [3.63, 3.8) is 0 Å². The van der Waals surface area contributed by atoms with Crippen LogP contribution in [0.1, 0.15) is 11.4 Å². The maximum atomic E-state index is 5.98. The molecule has 19 heavy (non-hydrogen) atoms. The number of fused-ring (bicyclic) bond motifs is 1. The highest BCUT2D eigenvalue weighted by molar-refractivity contribution is 9.10. The Morgan fingerprint density at radius 1 is 1.21 bits per heavy atom. The molecule has 0 fully saturated rings. The second-order valence-corrected chi connectivity index (χ2v) is 5.41. The number of aromatic nitrogens is 3. The Bertz CT molecular complexity index is 724. The van der Waals surface area contributed by atoms with Gasteiger partial charge in [0.2, 0.25) is 0 Å². The van der Waals surface area contributed by atoms with Gasteiger partial charge in [-0.3, -0.25) is 0 Å². The zero-order chi connectivity index (χ0) is 13.2. The van der Waals surface area contributed by atoms with Crippen LogP contribution in [0, 0.1) is 0 Å². The molecule has 2 aromatic heterocycles. The summed E-state index contributed by atoms with van der Waals surface area (Å²) in [6.07, 6.45) is 1.78. The Balaban J connectivity index is 2.08. The van der Waals surface area contributed by atoms with Gasteiger partial charge in [-0.15, -0.1) is 11.6 Å². The summed E-state index contributed by atoms with van der Waals surface area (Å²) in [5.41, 5.74) is 2.94. The van der Waals surface area contributed by atoms with Crippen LogP contribution in [-0.2, 0) is 12.4 Å². The van der Waals surface area contributed by atoms with Crippen LogP contribution in [0.25, 0.3) is 11.2 Å². The standard InChI is InChI=1S/C14H11BrClN3/c15-11-4-1-3-10(7-11)9-19-13(8-16)18-12-5-2-6-17-14(12)19/h1-7H,8-9H2. The smallest absolute Gasteiger partial charge is 0.160 e. The number of imidazole rings is 1. The third kappa shape index (κ3) is 2.51. The lowest BCUT2D eigenvalue weighted by Crippen LogP contribution is -2.04. The fraction of sp³-hybridized carbons (Fsp3) is 0.143. The number of rotatable bonds is 3. The molecular weight excluding hydrogens is 326 g/mol. The molecule has 0 saturated heterocycles. The molecule has 0 amide bonds. The van der Waals surface area contributed by atoms with Gasteiger partial charge in [0.15, 0.2) is 5.65 Å². The van der Waals surface area contributed by atoms with Crippen LogP contribution < -0.4 is 0 Å². The van der Waals surface area contributed by atoms with Crippen molar-refractivity contribution < 1.29 is 0 Å². The van der Waals surface area contributed by atoms with Gasteiger partial charge in [-0.05, 0) is 29.8 Å². The second-order valence-electron chi connectivity index (χ2n) is 4.22. The molecule has 0 aliphatic rings. The van der Waals surface area contributed by atoms with E-state index in [2.05, 4.69) is 42.6 Å². The minimum Gasteiger partial charge on any atom is -0.307 e. The van der Waals surface area contributed by atoms with E-state index in [1.54, 1.807) is 6.20 Å². The molecule has 1 aromatic carbocycles. The van der Waals surface area contributed by atoms with E-state index >= 15 is 0 Å². The number of hydrogen-bond acceptors (Lipinski definition) is 2. The summed E-state index contributed by atoms with van der Waals surface area (Å²) in [6.45, 7) is 0.717. The molecule has 0 aliphatic carbocycles. The summed E-state index contributed by atoms with van der Waals surface area (Å²) >= 11 is 9.47. The summed E-state index contributed by atoms with van der Waals surface area (Å²) in [5.74, 6) is 1.22. The van der Waals surface area contributed by atoms with Crippen LogP contribution in [0.4, 0.5) is 0 Å². The van der Waals surface area contributed by atoms with E-state index in [0.717, 1.165) is 28.0 Å². The molecule has 0 unspecified atom stereocenters. The zero-order valence-electron chi connectivity index (χ0n) is 10.1. The average molecular weight is 337 g/mol. The van der Waals surface area contributed by atoms with Gasteiger partial charge in [-0.25, -0.2) is 9.97 Å². The Hall–Kier alpha value is -1.39. The number of hydrogen-bond donors (Lipinski definition) is 0. The quantitative estimate of drug-likeness (QED) is 0.677. The van der Waals surface area contributed by atoms with E-state index in [9.17, 15) is 0 Å². The van der Waals surface area contributed by atoms with E-state index in [1.165, 1.54) is 5.56 Å². The maximum Gasteiger partial charge on any atom is 0.160 e. The van der Waals surface area contributed by atoms with E-state index < -0.39 is 0 Å². The third-order valence-electron chi connectivity index (χ3n) is 2.93. The topological polar surface area (TPSA) is 30.7 Å². The minimum atomic E-state index is 0.379. The Morgan fingerprint density at radius 2 is 2.11 bits per heavy atom. The number of pyridine rings is 1. The van der Waals surface area contributed by atoms with Gasteiger partial charge in [0.05, 0.1) is 12.4 Å². The molecule has 0 bridgehead atoms. The summed E-state index contributed by atoms with van der Waals surface area (Å²) in [6, 6.07) is 12.0. The highest BCUT2D eigenvalue weighted by atomic mass is 79.9. The zero-order valence-corrected chi connectivity index (χ0v) is 12.4. The molecule has 0 saturated carbocycles. The van der Waals surface area contributed by atoms with Crippen molar-refractivity contribution in [1.82, 2.24) is 14.5 Å². The van der Waals surface area contributed by atoms with Crippen molar-refractivity contribution in [3.05, 3.63) is 58.5 Å². The molecule has 2 heterocycles. The fourth-order valence-corrected chi connectivity index (χ4v) is 2.74. The number of nitrogens with zero attached hydrogens (tertiary/aromatic N) is 3. The fourth-order valence-electron chi connectivity index (χ4n) is 2.09. The molecule has 3 aromatic rings. The lowest BCUT2D eigenvalue weighted by molar-refractivity contribution is 0.770. The van der Waals surface area contributed by atoms with Crippen LogP contribution in [-0.4, -0.2) is 14.5 Å². The van der Waals surface area contributed by atoms with E-state index in [1.807, 2.05) is 24.3 Å². The third-order valence-corrected chi connectivity index (χ3v) is 3.66. The van der Waals surface area contributed by atoms with Crippen molar-refractivity contribution in [2.75, 3.05) is 0 Å². The molecule has 0 radical (unpaired) electrons. The molecule has 3 nitrogen and oxygen atoms in total. The molecular formula is C14H11BrClN3. The second kappa shape index (κ2) is 5.31. The van der Waals surface area contributed by atoms with E-state index in [0.29, 0.717) is 5.88 Å². The monoisotopic (exact) mass is 335 g/mol. The summed E-state index contributed by atoms with van der Waals surface area (Å²) in [7, 11) is 0. The minimum absolute atomic E-state index is 0.379. The molecule has 0 spiro atoms. The van der Waals surface area contributed by atoms with Crippen LogP contribution in [0.15, 0.2) is 47.1 Å². The van der Waals surface area contributed by atoms with Gasteiger partial charge >= 0.3 is 0 Å². The lowest BCUT2D eigenvalue weighted by atomic mass is 10.2. The first-order valence-corrected chi connectivity index (χ1v) is 7.21. The van der Waals surface area contributed by atoms with Crippen molar-refractivity contribution in [1.29, 1.82) is 0 Å². The SMILES string of the molecule is ClCc1nc2cccnc2n1Cc1cccc(Br)c1. The van der Waals surface area contributed by atoms with E-state index in [-0.39, 0.29) is 0 Å². The Morgan fingerprint density at radius 3 is 2.89 bits per heavy atom. The molecule has 0 N–H and O–H groups in total. The summed E-state index contributed by atoms with van der Waals surface area (Å²) in [5, 5.41) is 0. The van der Waals surface area contributed by atoms with Gasteiger partial charge in [0.25, 0.3) is 0 Å². The molecule has 0 aliphatic heterocycles. The predicted octanol–water partition coefficient (Wildman–Crippen LogP) is 3.98. The largest absolute Gasteiger partial charge is 0.307 e. The highest BCUT2D eigenvalue weighted by Gasteiger charge is 2.10. The predicted molar refractivity (Wildman–Crippen MR) is 80.3 cm³/mol. The van der Waals surface area contributed by atoms with Crippen LogP contribution in [0.2, 0.25) is 0 Å². The average Bonchev–Trinajstić information content (AvgIpc) is 2.77. The van der Waals surface area contributed by atoms with E-state index in [4.69, 9.17) is 11.6 Å². The normalized spacial score (nSPS) is 11.1. The lowest BCUT2D eigenvalue weighted by Gasteiger charge is -2.07. The van der Waals surface area contributed by atoms with Crippen molar-refractivity contribution in [3.8, 4) is 0 Å². The number of halogens is 2. The summed E-state index contributed by atoms with van der Waals surface area (Å²) < 4.78 is 3.12. The first kappa shape index (κ1) is 12.6. The van der Waals surface area contributed by atoms with Gasteiger partial charge in [0, 0.05) is 10.7 Å². The van der Waals surface area contributed by atoms with Gasteiger partial charge in [-0.2, -0.15) is 0 Å². The Labute approximate surface area is 124 Å². The molecule has 96 valence electrons. The molecule has 5 heteroatoms. The maximum absolute atomic E-state index is 5.98. The first-order chi connectivity index (χ1) is 9.28.